The van der Waals surface area contributed by atoms with Crippen molar-refractivity contribution < 1.29 is 4.79 Å². The molecule has 0 saturated carbocycles. The number of thiophene rings is 1. The normalized spacial score (nSPS) is 13.7. The van der Waals surface area contributed by atoms with E-state index >= 15 is 0 Å². The smallest absolute Gasteiger partial charge is 0.255 e. The summed E-state index contributed by atoms with van der Waals surface area (Å²) in [5.41, 5.74) is 2.24. The van der Waals surface area contributed by atoms with Gasteiger partial charge in [-0.25, -0.2) is 4.98 Å². The van der Waals surface area contributed by atoms with Gasteiger partial charge >= 0.3 is 0 Å². The summed E-state index contributed by atoms with van der Waals surface area (Å²) in [6, 6.07) is 3.93. The Bertz CT molecular complexity index is 794. The van der Waals surface area contributed by atoms with Crippen LogP contribution in [0.3, 0.4) is 0 Å². The molecule has 0 bridgehead atoms. The Balaban J connectivity index is 1.47. The maximum absolute atomic E-state index is 12.4. The molecule has 2 N–H and O–H groups in total. The highest BCUT2D eigenvalue weighted by atomic mass is 32.1. The Morgan fingerprint density at radius 1 is 1.43 bits per heavy atom. The summed E-state index contributed by atoms with van der Waals surface area (Å²) < 4.78 is 2.19. The molecule has 4 rings (SSSR count). The van der Waals surface area contributed by atoms with Crippen LogP contribution in [0.2, 0.25) is 0 Å². The molecule has 0 unspecified atom stereocenters. The SMILES string of the molecule is O=C(NCc1cn2c(n1)CCCC2)c1cn[nH]c1-c1cccs1. The number of carbonyl (C=O) groups excluding carboxylic acids is 1. The number of nitrogens with zero attached hydrogens (tertiary/aromatic N) is 3. The predicted octanol–water partition coefficient (Wildman–Crippen LogP) is 2.60. The van der Waals surface area contributed by atoms with Crippen molar-refractivity contribution in [3.8, 4) is 10.6 Å². The van der Waals surface area contributed by atoms with E-state index < -0.39 is 0 Å². The average Bonchev–Trinajstić information content (AvgIpc) is 3.31. The summed E-state index contributed by atoms with van der Waals surface area (Å²) in [5, 5.41) is 11.8. The van der Waals surface area contributed by atoms with Crippen molar-refractivity contribution in [1.82, 2.24) is 25.1 Å². The number of aromatic nitrogens is 4. The second kappa shape index (κ2) is 6.00. The van der Waals surface area contributed by atoms with Gasteiger partial charge in [0.15, 0.2) is 0 Å². The van der Waals surface area contributed by atoms with Crippen LogP contribution in [-0.4, -0.2) is 25.7 Å². The van der Waals surface area contributed by atoms with Crippen molar-refractivity contribution in [3.63, 3.8) is 0 Å². The Kier molecular flexibility index (Phi) is 3.70. The summed E-state index contributed by atoms with van der Waals surface area (Å²) >= 11 is 1.58. The standard InChI is InChI=1S/C16H17N5OS/c22-16(12-9-18-20-15(12)13-4-3-7-23-13)17-8-11-10-21-6-2-1-5-14(21)19-11/h3-4,7,9-10H,1-2,5-6,8H2,(H,17,22)(H,18,20). The van der Waals surface area contributed by atoms with Crippen LogP contribution in [0.25, 0.3) is 10.6 Å². The van der Waals surface area contributed by atoms with Crippen LogP contribution < -0.4 is 5.32 Å². The lowest BCUT2D eigenvalue weighted by molar-refractivity contribution is 0.0951. The molecule has 1 amide bonds. The van der Waals surface area contributed by atoms with Crippen molar-refractivity contribution in [2.24, 2.45) is 0 Å². The van der Waals surface area contributed by atoms with E-state index in [9.17, 15) is 4.79 Å². The number of rotatable bonds is 4. The first-order chi connectivity index (χ1) is 11.3. The van der Waals surface area contributed by atoms with Crippen molar-refractivity contribution in [2.75, 3.05) is 0 Å². The molecule has 7 heteroatoms. The van der Waals surface area contributed by atoms with Gasteiger partial charge in [-0.1, -0.05) is 6.07 Å². The molecule has 0 saturated heterocycles. The topological polar surface area (TPSA) is 75.6 Å². The molecule has 6 nitrogen and oxygen atoms in total. The molecule has 0 aliphatic carbocycles. The number of H-pyrrole nitrogens is 1. The number of aryl methyl sites for hydroxylation is 2. The van der Waals surface area contributed by atoms with Crippen molar-refractivity contribution in [2.45, 2.75) is 32.4 Å². The summed E-state index contributed by atoms with van der Waals surface area (Å²) in [7, 11) is 0. The zero-order chi connectivity index (χ0) is 15.6. The summed E-state index contributed by atoms with van der Waals surface area (Å²) in [6.45, 7) is 1.47. The summed E-state index contributed by atoms with van der Waals surface area (Å²) in [6.07, 6.45) is 7.04. The number of hydrogen-bond acceptors (Lipinski definition) is 4. The zero-order valence-electron chi connectivity index (χ0n) is 12.6. The highest BCUT2D eigenvalue weighted by Crippen LogP contribution is 2.25. The lowest BCUT2D eigenvalue weighted by Gasteiger charge is -2.11. The molecule has 0 radical (unpaired) electrons. The van der Waals surface area contributed by atoms with Gasteiger partial charge in [-0.05, 0) is 24.3 Å². The van der Waals surface area contributed by atoms with Gasteiger partial charge in [0.05, 0.1) is 34.6 Å². The first kappa shape index (κ1) is 14.2. The molecule has 0 aromatic carbocycles. The lowest BCUT2D eigenvalue weighted by atomic mass is 10.2. The molecule has 4 heterocycles. The van der Waals surface area contributed by atoms with E-state index in [1.54, 1.807) is 17.5 Å². The second-order valence-corrected chi connectivity index (χ2v) is 6.57. The van der Waals surface area contributed by atoms with Crippen molar-refractivity contribution in [1.29, 1.82) is 0 Å². The van der Waals surface area contributed by atoms with Crippen LogP contribution in [0, 0.1) is 0 Å². The van der Waals surface area contributed by atoms with Crippen LogP contribution in [0.4, 0.5) is 0 Å². The number of imidazole rings is 1. The summed E-state index contributed by atoms with van der Waals surface area (Å²) in [5.74, 6) is 0.996. The number of fused-ring (bicyclic) bond motifs is 1. The van der Waals surface area contributed by atoms with E-state index in [1.807, 2.05) is 23.7 Å². The van der Waals surface area contributed by atoms with Crippen LogP contribution in [0.1, 0.15) is 34.7 Å². The van der Waals surface area contributed by atoms with E-state index in [0.717, 1.165) is 35.1 Å². The minimum atomic E-state index is -0.131. The molecule has 1 aliphatic rings. The largest absolute Gasteiger partial charge is 0.346 e. The number of aromatic amines is 1. The van der Waals surface area contributed by atoms with Gasteiger partial charge in [0.2, 0.25) is 0 Å². The van der Waals surface area contributed by atoms with Gasteiger partial charge < -0.3 is 9.88 Å². The first-order valence-electron chi connectivity index (χ1n) is 7.71. The van der Waals surface area contributed by atoms with Gasteiger partial charge in [0.25, 0.3) is 5.91 Å². The Hall–Kier alpha value is -2.41. The molecule has 0 spiro atoms. The molecular weight excluding hydrogens is 310 g/mol. The molecule has 3 aromatic heterocycles. The fourth-order valence-corrected chi connectivity index (χ4v) is 3.62. The summed E-state index contributed by atoms with van der Waals surface area (Å²) in [4.78, 5) is 18.0. The van der Waals surface area contributed by atoms with Gasteiger partial charge in [-0.15, -0.1) is 11.3 Å². The molecule has 118 valence electrons. The maximum atomic E-state index is 12.4. The van der Waals surface area contributed by atoms with Gasteiger partial charge in [-0.3, -0.25) is 9.89 Å². The number of carbonyl (C=O) groups is 1. The lowest BCUT2D eigenvalue weighted by Crippen LogP contribution is -2.23. The van der Waals surface area contributed by atoms with Gasteiger partial charge in [0, 0.05) is 19.2 Å². The van der Waals surface area contributed by atoms with Crippen molar-refractivity contribution in [3.05, 3.63) is 47.0 Å². The van der Waals surface area contributed by atoms with Gasteiger partial charge in [-0.2, -0.15) is 5.10 Å². The number of hydrogen-bond donors (Lipinski definition) is 2. The van der Waals surface area contributed by atoms with Crippen LogP contribution in [0.15, 0.2) is 29.9 Å². The molecular formula is C16H17N5OS. The third kappa shape index (κ3) is 2.79. The van der Waals surface area contributed by atoms with E-state index in [1.165, 1.54) is 12.8 Å². The monoisotopic (exact) mass is 327 g/mol. The quantitative estimate of drug-likeness (QED) is 0.773. The highest BCUT2D eigenvalue weighted by molar-refractivity contribution is 7.13. The van der Waals surface area contributed by atoms with E-state index in [-0.39, 0.29) is 5.91 Å². The minimum Gasteiger partial charge on any atom is -0.346 e. The third-order valence-corrected chi connectivity index (χ3v) is 4.93. The van der Waals surface area contributed by atoms with Crippen LogP contribution in [0.5, 0.6) is 0 Å². The number of nitrogens with one attached hydrogen (secondary N) is 2. The molecule has 23 heavy (non-hydrogen) atoms. The molecule has 1 aliphatic heterocycles. The maximum Gasteiger partial charge on any atom is 0.255 e. The van der Waals surface area contributed by atoms with E-state index in [2.05, 4.69) is 25.1 Å². The van der Waals surface area contributed by atoms with E-state index in [0.29, 0.717) is 12.1 Å². The molecule has 0 fully saturated rings. The van der Waals surface area contributed by atoms with Crippen LogP contribution >= 0.6 is 11.3 Å². The fourth-order valence-electron chi connectivity index (χ4n) is 2.89. The van der Waals surface area contributed by atoms with Gasteiger partial charge in [0.1, 0.15) is 5.82 Å². The van der Waals surface area contributed by atoms with Crippen molar-refractivity contribution >= 4 is 17.2 Å². The minimum absolute atomic E-state index is 0.131. The van der Waals surface area contributed by atoms with E-state index in [4.69, 9.17) is 0 Å². The first-order valence-corrected chi connectivity index (χ1v) is 8.59. The number of amides is 1. The Morgan fingerprint density at radius 3 is 3.22 bits per heavy atom. The fraction of sp³-hybridized carbons (Fsp3) is 0.312. The predicted molar refractivity (Wildman–Crippen MR) is 88.2 cm³/mol. The second-order valence-electron chi connectivity index (χ2n) is 5.62. The Morgan fingerprint density at radius 2 is 2.39 bits per heavy atom. The van der Waals surface area contributed by atoms with Crippen LogP contribution in [-0.2, 0) is 19.5 Å². The zero-order valence-corrected chi connectivity index (χ0v) is 13.4. The average molecular weight is 327 g/mol. The molecule has 3 aromatic rings. The molecule has 0 atom stereocenters. The third-order valence-electron chi connectivity index (χ3n) is 4.04. The highest BCUT2D eigenvalue weighted by Gasteiger charge is 2.17. The Labute approximate surface area is 137 Å².